The van der Waals surface area contributed by atoms with Gasteiger partial charge in [0.05, 0.1) is 6.10 Å². The number of hydrogen-bond donors (Lipinski definition) is 3. The van der Waals surface area contributed by atoms with Crippen LogP contribution in [0, 0.1) is 5.41 Å². The Balaban J connectivity index is 4.48. The van der Waals surface area contributed by atoms with Gasteiger partial charge in [0.1, 0.15) is 0 Å². The molecule has 6 heteroatoms. The maximum Gasteiger partial charge on any atom is 0.334 e. The normalized spacial score (nSPS) is 15.8. The van der Waals surface area contributed by atoms with Crippen LogP contribution in [0.2, 0.25) is 12.6 Å². The Morgan fingerprint density at radius 2 is 1.74 bits per heavy atom. The van der Waals surface area contributed by atoms with E-state index in [0.717, 1.165) is 12.5 Å². The lowest BCUT2D eigenvalue weighted by Crippen LogP contribution is -2.43. The maximum absolute atomic E-state index is 9.03. The van der Waals surface area contributed by atoms with Gasteiger partial charge in [0.2, 0.25) is 0 Å². The lowest BCUT2D eigenvalue weighted by molar-refractivity contribution is 0.0829. The summed E-state index contributed by atoms with van der Waals surface area (Å²) < 4.78 is 11.7. The molecule has 0 rings (SSSR count). The first-order chi connectivity index (χ1) is 8.82. The van der Waals surface area contributed by atoms with Gasteiger partial charge in [-0.15, -0.1) is 0 Å². The van der Waals surface area contributed by atoms with Gasteiger partial charge in [-0.2, -0.15) is 0 Å². The minimum Gasteiger partial charge on any atom is -0.398 e. The van der Waals surface area contributed by atoms with E-state index in [2.05, 4.69) is 13.8 Å². The molecule has 0 spiro atoms. The van der Waals surface area contributed by atoms with E-state index < -0.39 is 8.56 Å². The number of nitrogens with two attached hydrogens (primary N) is 1. The summed E-state index contributed by atoms with van der Waals surface area (Å²) >= 11 is 0. The van der Waals surface area contributed by atoms with Crippen LogP contribution in [0.5, 0.6) is 0 Å². The summed E-state index contributed by atoms with van der Waals surface area (Å²) in [5.41, 5.74) is 5.82. The highest BCUT2D eigenvalue weighted by Gasteiger charge is 2.35. The van der Waals surface area contributed by atoms with Crippen molar-refractivity contribution in [2.75, 3.05) is 26.9 Å². The lowest BCUT2D eigenvalue weighted by atomic mass is 9.91. The van der Waals surface area contributed by atoms with Crippen molar-refractivity contribution >= 4 is 8.56 Å². The van der Waals surface area contributed by atoms with Crippen LogP contribution in [0.1, 0.15) is 33.1 Å². The molecule has 0 aromatic rings. The molecule has 1 unspecified atom stereocenters. The van der Waals surface area contributed by atoms with Crippen molar-refractivity contribution in [3.63, 3.8) is 0 Å². The first kappa shape index (κ1) is 19.0. The second-order valence-electron chi connectivity index (χ2n) is 5.97. The average Bonchev–Trinajstić information content (AvgIpc) is 2.37. The van der Waals surface area contributed by atoms with Gasteiger partial charge >= 0.3 is 8.56 Å². The fraction of sp³-hybridized carbons (Fsp3) is 1.00. The first-order valence-corrected chi connectivity index (χ1v) is 9.49. The number of aliphatic hydroxyl groups is 2. The van der Waals surface area contributed by atoms with Crippen LogP contribution in [0.25, 0.3) is 0 Å². The van der Waals surface area contributed by atoms with E-state index in [1.807, 2.05) is 6.55 Å². The zero-order valence-electron chi connectivity index (χ0n) is 12.8. The molecule has 4 N–H and O–H groups in total. The lowest BCUT2D eigenvalue weighted by Gasteiger charge is -2.33. The van der Waals surface area contributed by atoms with Crippen molar-refractivity contribution in [2.45, 2.75) is 51.8 Å². The molecule has 0 bridgehead atoms. The van der Waals surface area contributed by atoms with Crippen LogP contribution in [0.4, 0.5) is 0 Å². The molecule has 1 atom stereocenters. The molecule has 116 valence electrons. The summed E-state index contributed by atoms with van der Waals surface area (Å²) in [5, 5.41) is 18.1. The fourth-order valence-corrected chi connectivity index (χ4v) is 4.27. The third-order valence-electron chi connectivity index (χ3n) is 3.56. The van der Waals surface area contributed by atoms with E-state index in [0.29, 0.717) is 19.4 Å². The molecule has 0 heterocycles. The summed E-state index contributed by atoms with van der Waals surface area (Å²) in [7, 11) is -0.588. The standard InChI is InChI=1S/C13H31NO4Si/c1-13(2,11-14)7-10-19(4,17-3)18-12(5-8-15)6-9-16/h12,15-16H,5-11,14H2,1-4H3. The molecule has 0 aliphatic rings. The highest BCUT2D eigenvalue weighted by Crippen LogP contribution is 2.28. The highest BCUT2D eigenvalue weighted by molar-refractivity contribution is 6.66. The van der Waals surface area contributed by atoms with E-state index in [1.54, 1.807) is 7.11 Å². The first-order valence-electron chi connectivity index (χ1n) is 6.97. The Bertz CT molecular complexity index is 235. The quantitative estimate of drug-likeness (QED) is 0.499. The zero-order valence-corrected chi connectivity index (χ0v) is 13.8. The van der Waals surface area contributed by atoms with Gasteiger partial charge in [-0.3, -0.25) is 0 Å². The van der Waals surface area contributed by atoms with Crippen molar-refractivity contribution in [1.29, 1.82) is 0 Å². The number of aliphatic hydroxyl groups excluding tert-OH is 2. The molecule has 0 amide bonds. The van der Waals surface area contributed by atoms with Gasteiger partial charge in [0.25, 0.3) is 0 Å². The van der Waals surface area contributed by atoms with Crippen LogP contribution in [-0.2, 0) is 8.85 Å². The van der Waals surface area contributed by atoms with Gasteiger partial charge in [-0.25, -0.2) is 0 Å². The number of rotatable bonds is 11. The third kappa shape index (κ3) is 8.01. The molecule has 0 fully saturated rings. The Labute approximate surface area is 118 Å². The summed E-state index contributed by atoms with van der Waals surface area (Å²) in [5.74, 6) is 0. The van der Waals surface area contributed by atoms with E-state index >= 15 is 0 Å². The predicted octanol–water partition coefficient (Wildman–Crippen LogP) is 1.23. The van der Waals surface area contributed by atoms with Gasteiger partial charge < -0.3 is 24.8 Å². The second-order valence-corrected chi connectivity index (χ2v) is 9.38. The largest absolute Gasteiger partial charge is 0.398 e. The van der Waals surface area contributed by atoms with Crippen LogP contribution in [-0.4, -0.2) is 51.7 Å². The van der Waals surface area contributed by atoms with E-state index in [9.17, 15) is 0 Å². The van der Waals surface area contributed by atoms with Crippen LogP contribution >= 0.6 is 0 Å². The zero-order chi connectivity index (χ0) is 14.9. The van der Waals surface area contributed by atoms with Crippen LogP contribution in [0.3, 0.4) is 0 Å². The smallest absolute Gasteiger partial charge is 0.334 e. The van der Waals surface area contributed by atoms with E-state index in [-0.39, 0.29) is 24.7 Å². The van der Waals surface area contributed by atoms with Crippen molar-refractivity contribution in [3.8, 4) is 0 Å². The van der Waals surface area contributed by atoms with Crippen molar-refractivity contribution in [3.05, 3.63) is 0 Å². The molecule has 19 heavy (non-hydrogen) atoms. The molecular formula is C13H31NO4Si. The second kappa shape index (κ2) is 9.04. The van der Waals surface area contributed by atoms with E-state index in [1.165, 1.54) is 0 Å². The molecule has 0 aliphatic carbocycles. The Hall–Kier alpha value is 0.0169. The third-order valence-corrected chi connectivity index (χ3v) is 6.41. The molecule has 0 saturated carbocycles. The molecule has 0 radical (unpaired) electrons. The predicted molar refractivity (Wildman–Crippen MR) is 79.2 cm³/mol. The number of hydrogen-bond acceptors (Lipinski definition) is 5. The Morgan fingerprint density at radius 1 is 1.21 bits per heavy atom. The molecular weight excluding hydrogens is 262 g/mol. The van der Waals surface area contributed by atoms with Crippen LogP contribution in [0.15, 0.2) is 0 Å². The van der Waals surface area contributed by atoms with Crippen molar-refractivity contribution < 1.29 is 19.1 Å². The van der Waals surface area contributed by atoms with Crippen LogP contribution < -0.4 is 5.73 Å². The molecule has 0 aromatic carbocycles. The van der Waals surface area contributed by atoms with Gasteiger partial charge in [0.15, 0.2) is 0 Å². The summed E-state index contributed by atoms with van der Waals surface area (Å²) in [6.07, 6.45) is 1.89. The summed E-state index contributed by atoms with van der Waals surface area (Å²) in [6.45, 7) is 7.06. The Kier molecular flexibility index (Phi) is 9.05. The Morgan fingerprint density at radius 3 is 2.11 bits per heavy atom. The molecule has 0 saturated heterocycles. The van der Waals surface area contributed by atoms with E-state index in [4.69, 9.17) is 24.8 Å². The van der Waals surface area contributed by atoms with Gasteiger partial charge in [0, 0.05) is 20.3 Å². The minimum absolute atomic E-state index is 0.0627. The average molecular weight is 293 g/mol. The topological polar surface area (TPSA) is 84.9 Å². The van der Waals surface area contributed by atoms with Crippen molar-refractivity contribution in [1.82, 2.24) is 0 Å². The fourth-order valence-electron chi connectivity index (χ4n) is 1.78. The summed E-state index contributed by atoms with van der Waals surface area (Å²) in [4.78, 5) is 0. The summed E-state index contributed by atoms with van der Waals surface area (Å²) in [6, 6.07) is 0.862. The minimum atomic E-state index is -2.26. The highest BCUT2D eigenvalue weighted by atomic mass is 28.4. The van der Waals surface area contributed by atoms with Gasteiger partial charge in [-0.1, -0.05) is 13.8 Å². The monoisotopic (exact) mass is 293 g/mol. The SMILES string of the molecule is CO[Si](C)(CCC(C)(C)CN)OC(CCO)CCO. The van der Waals surface area contributed by atoms with Crippen molar-refractivity contribution in [2.24, 2.45) is 11.1 Å². The molecule has 5 nitrogen and oxygen atoms in total. The molecule has 0 aromatic heterocycles. The van der Waals surface area contributed by atoms with Gasteiger partial charge in [-0.05, 0) is 43.8 Å². The maximum atomic E-state index is 9.03. The molecule has 0 aliphatic heterocycles.